The SMILES string of the molecule is CC(C)N1CCC[C@H]1COc1nc2c(c(N3CCN(C(=O)OCc4ccccc4)[C@@H](CC#N)C3)n1)CCNC2. The molecule has 0 unspecified atom stereocenters. The van der Waals surface area contributed by atoms with Crippen molar-refractivity contribution < 1.29 is 14.3 Å². The van der Waals surface area contributed by atoms with Crippen LogP contribution in [0.2, 0.25) is 0 Å². The Balaban J connectivity index is 1.30. The first-order chi connectivity index (χ1) is 19.0. The minimum Gasteiger partial charge on any atom is -0.462 e. The summed E-state index contributed by atoms with van der Waals surface area (Å²) in [5, 5.41) is 13.0. The van der Waals surface area contributed by atoms with Crippen LogP contribution in [-0.2, 0) is 24.3 Å². The first kappa shape index (κ1) is 27.2. The van der Waals surface area contributed by atoms with Gasteiger partial charge < -0.3 is 24.6 Å². The molecule has 1 aromatic carbocycles. The molecule has 2 saturated heterocycles. The van der Waals surface area contributed by atoms with Gasteiger partial charge in [0.1, 0.15) is 19.0 Å². The largest absolute Gasteiger partial charge is 0.462 e. The fourth-order valence-electron chi connectivity index (χ4n) is 5.90. The van der Waals surface area contributed by atoms with Gasteiger partial charge in [-0.05, 0) is 51.8 Å². The fourth-order valence-corrected chi connectivity index (χ4v) is 5.90. The quantitative estimate of drug-likeness (QED) is 0.548. The van der Waals surface area contributed by atoms with Crippen LogP contribution < -0.4 is 15.0 Å². The number of carbonyl (C=O) groups excluding carboxylic acids is 1. The molecule has 1 N–H and O–H groups in total. The van der Waals surface area contributed by atoms with Crippen LogP contribution in [0.15, 0.2) is 30.3 Å². The minimum absolute atomic E-state index is 0.210. The number of piperazine rings is 1. The maximum atomic E-state index is 13.0. The third-order valence-electron chi connectivity index (χ3n) is 7.93. The first-order valence-electron chi connectivity index (χ1n) is 14.1. The van der Waals surface area contributed by atoms with Crippen LogP contribution in [0.1, 0.15) is 49.9 Å². The zero-order valence-electron chi connectivity index (χ0n) is 23.0. The molecular weight excluding hydrogens is 494 g/mol. The Morgan fingerprint density at radius 3 is 2.82 bits per heavy atom. The molecule has 5 rings (SSSR count). The van der Waals surface area contributed by atoms with Crippen LogP contribution in [0.5, 0.6) is 6.01 Å². The van der Waals surface area contributed by atoms with Crippen molar-refractivity contribution in [3.05, 3.63) is 47.2 Å². The van der Waals surface area contributed by atoms with Gasteiger partial charge in [0.15, 0.2) is 0 Å². The van der Waals surface area contributed by atoms with Crippen LogP contribution in [-0.4, -0.2) is 83.3 Å². The molecule has 0 aliphatic carbocycles. The number of nitriles is 1. The Hall–Kier alpha value is -3.42. The molecule has 4 heterocycles. The van der Waals surface area contributed by atoms with Gasteiger partial charge in [0, 0.05) is 43.8 Å². The molecule has 2 aromatic rings. The second-order valence-electron chi connectivity index (χ2n) is 10.8. The van der Waals surface area contributed by atoms with E-state index in [-0.39, 0.29) is 25.2 Å². The van der Waals surface area contributed by atoms with Gasteiger partial charge in [-0.3, -0.25) is 4.90 Å². The van der Waals surface area contributed by atoms with Crippen LogP contribution in [0.3, 0.4) is 0 Å². The van der Waals surface area contributed by atoms with Crippen molar-refractivity contribution in [1.82, 2.24) is 25.1 Å². The lowest BCUT2D eigenvalue weighted by molar-refractivity contribution is 0.0767. The number of anilines is 1. The van der Waals surface area contributed by atoms with Crippen LogP contribution >= 0.6 is 0 Å². The molecule has 3 aliphatic rings. The van der Waals surface area contributed by atoms with Gasteiger partial charge in [0.2, 0.25) is 0 Å². The van der Waals surface area contributed by atoms with E-state index in [1.807, 2.05) is 30.3 Å². The third kappa shape index (κ3) is 6.43. The normalized spacial score (nSPS) is 21.5. The number of hydrogen-bond acceptors (Lipinski definition) is 9. The molecule has 10 heteroatoms. The molecule has 208 valence electrons. The van der Waals surface area contributed by atoms with Gasteiger partial charge >= 0.3 is 12.1 Å². The summed E-state index contributed by atoms with van der Waals surface area (Å²) in [5.41, 5.74) is 3.03. The van der Waals surface area contributed by atoms with Gasteiger partial charge in [-0.25, -0.2) is 4.79 Å². The number of fused-ring (bicyclic) bond motifs is 1. The fraction of sp³-hybridized carbons (Fsp3) is 0.586. The highest BCUT2D eigenvalue weighted by atomic mass is 16.6. The zero-order chi connectivity index (χ0) is 27.2. The third-order valence-corrected chi connectivity index (χ3v) is 7.93. The second-order valence-corrected chi connectivity index (χ2v) is 10.8. The number of aromatic nitrogens is 2. The number of hydrogen-bond donors (Lipinski definition) is 1. The Kier molecular flexibility index (Phi) is 8.79. The Bertz CT molecular complexity index is 1170. The van der Waals surface area contributed by atoms with Crippen LogP contribution in [0.4, 0.5) is 10.6 Å². The van der Waals surface area contributed by atoms with Crippen molar-refractivity contribution in [2.75, 3.05) is 44.2 Å². The minimum atomic E-state index is -0.386. The number of carbonyl (C=O) groups is 1. The number of rotatable bonds is 8. The average Bonchev–Trinajstić information content (AvgIpc) is 3.44. The number of amides is 1. The Labute approximate surface area is 230 Å². The highest BCUT2D eigenvalue weighted by Crippen LogP contribution is 2.29. The van der Waals surface area contributed by atoms with E-state index in [9.17, 15) is 10.1 Å². The highest BCUT2D eigenvalue weighted by molar-refractivity contribution is 5.69. The first-order valence-corrected chi connectivity index (χ1v) is 14.1. The standard InChI is InChI=1S/C29H39N7O3/c1-21(2)35-14-6-9-24(35)20-38-28-32-26-17-31-13-11-25(26)27(33-28)34-15-16-36(23(18-34)10-12-30)29(37)39-19-22-7-4-3-5-8-22/h3-5,7-8,21,23-24,31H,6,9-11,13-20H2,1-2H3/t23-,24-/m0/s1. The van der Waals surface area contributed by atoms with E-state index in [1.165, 1.54) is 6.42 Å². The molecule has 0 spiro atoms. The molecular formula is C29H39N7O3. The monoisotopic (exact) mass is 533 g/mol. The summed E-state index contributed by atoms with van der Waals surface area (Å²) in [7, 11) is 0. The van der Waals surface area contributed by atoms with Crippen molar-refractivity contribution in [3.8, 4) is 12.1 Å². The maximum Gasteiger partial charge on any atom is 0.410 e. The summed E-state index contributed by atoms with van der Waals surface area (Å²) >= 11 is 0. The van der Waals surface area contributed by atoms with E-state index in [2.05, 4.69) is 35.0 Å². The molecule has 2 fully saturated rings. The lowest BCUT2D eigenvalue weighted by atomic mass is 10.0. The Morgan fingerprint density at radius 2 is 2.03 bits per heavy atom. The average molecular weight is 534 g/mol. The molecule has 39 heavy (non-hydrogen) atoms. The van der Waals surface area contributed by atoms with Gasteiger partial charge in [0.25, 0.3) is 0 Å². The van der Waals surface area contributed by atoms with E-state index < -0.39 is 0 Å². The molecule has 1 aromatic heterocycles. The summed E-state index contributed by atoms with van der Waals surface area (Å²) in [6, 6.07) is 12.9. The van der Waals surface area contributed by atoms with Crippen LogP contribution in [0.25, 0.3) is 0 Å². The highest BCUT2D eigenvalue weighted by Gasteiger charge is 2.34. The zero-order valence-corrected chi connectivity index (χ0v) is 23.0. The molecule has 3 aliphatic heterocycles. The summed E-state index contributed by atoms with van der Waals surface area (Å²) in [4.78, 5) is 29.0. The summed E-state index contributed by atoms with van der Waals surface area (Å²) in [6.45, 7) is 9.44. The van der Waals surface area contributed by atoms with Crippen molar-refractivity contribution in [2.24, 2.45) is 0 Å². The smallest absolute Gasteiger partial charge is 0.410 e. The van der Waals surface area contributed by atoms with E-state index in [0.29, 0.717) is 50.9 Å². The lowest BCUT2D eigenvalue weighted by Gasteiger charge is -2.41. The van der Waals surface area contributed by atoms with Crippen LogP contribution in [0, 0.1) is 11.3 Å². The van der Waals surface area contributed by atoms with E-state index >= 15 is 0 Å². The lowest BCUT2D eigenvalue weighted by Crippen LogP contribution is -2.55. The van der Waals surface area contributed by atoms with Crippen molar-refractivity contribution in [1.29, 1.82) is 5.26 Å². The summed E-state index contributed by atoms with van der Waals surface area (Å²) in [6.07, 6.45) is 2.97. The molecule has 1 amide bonds. The summed E-state index contributed by atoms with van der Waals surface area (Å²) < 4.78 is 11.8. The predicted octanol–water partition coefficient (Wildman–Crippen LogP) is 3.11. The van der Waals surface area contributed by atoms with Gasteiger partial charge in [0.05, 0.1) is 24.2 Å². The maximum absolute atomic E-state index is 13.0. The van der Waals surface area contributed by atoms with E-state index in [0.717, 1.165) is 48.6 Å². The van der Waals surface area contributed by atoms with Crippen molar-refractivity contribution in [3.63, 3.8) is 0 Å². The number of nitrogens with one attached hydrogen (secondary N) is 1. The van der Waals surface area contributed by atoms with Crippen molar-refractivity contribution in [2.45, 2.75) is 70.8 Å². The number of ether oxygens (including phenoxy) is 2. The topological polar surface area (TPSA) is 107 Å². The number of likely N-dealkylation sites (tertiary alicyclic amines) is 1. The Morgan fingerprint density at radius 1 is 1.18 bits per heavy atom. The van der Waals surface area contributed by atoms with Gasteiger partial charge in [-0.2, -0.15) is 15.2 Å². The predicted molar refractivity (Wildman–Crippen MR) is 147 cm³/mol. The van der Waals surface area contributed by atoms with E-state index in [4.69, 9.17) is 19.4 Å². The molecule has 0 radical (unpaired) electrons. The van der Waals surface area contributed by atoms with Crippen molar-refractivity contribution >= 4 is 11.9 Å². The van der Waals surface area contributed by atoms with Gasteiger partial charge in [-0.1, -0.05) is 30.3 Å². The van der Waals surface area contributed by atoms with Gasteiger partial charge in [-0.15, -0.1) is 0 Å². The summed E-state index contributed by atoms with van der Waals surface area (Å²) in [5.74, 6) is 0.865. The number of nitrogens with zero attached hydrogens (tertiary/aromatic N) is 6. The molecule has 0 bridgehead atoms. The number of benzene rings is 1. The van der Waals surface area contributed by atoms with E-state index in [1.54, 1.807) is 4.90 Å². The molecule has 2 atom stereocenters. The second kappa shape index (κ2) is 12.6. The molecule has 0 saturated carbocycles. The molecule has 10 nitrogen and oxygen atoms in total.